The van der Waals surface area contributed by atoms with Gasteiger partial charge in [-0.1, -0.05) is 13.8 Å². The molecule has 1 saturated heterocycles. The Morgan fingerprint density at radius 3 is 2.68 bits per heavy atom. The summed E-state index contributed by atoms with van der Waals surface area (Å²) in [5.41, 5.74) is 0. The highest BCUT2D eigenvalue weighted by Crippen LogP contribution is 2.13. The molecule has 0 spiro atoms. The van der Waals surface area contributed by atoms with Crippen LogP contribution in [0.4, 0.5) is 0 Å². The average molecular weight is 272 g/mol. The fourth-order valence-electron chi connectivity index (χ4n) is 2.30. The van der Waals surface area contributed by atoms with Gasteiger partial charge in [0.25, 0.3) is 0 Å². The van der Waals surface area contributed by atoms with E-state index in [0.29, 0.717) is 12.5 Å². The molecule has 0 saturated carbocycles. The van der Waals surface area contributed by atoms with E-state index in [4.69, 9.17) is 4.74 Å². The van der Waals surface area contributed by atoms with E-state index in [2.05, 4.69) is 24.1 Å². The van der Waals surface area contributed by atoms with Crippen molar-refractivity contribution >= 4 is 5.91 Å². The lowest BCUT2D eigenvalue weighted by Crippen LogP contribution is -2.55. The van der Waals surface area contributed by atoms with Crippen LogP contribution in [0.1, 0.15) is 34.1 Å². The van der Waals surface area contributed by atoms with Crippen LogP contribution >= 0.6 is 0 Å². The van der Waals surface area contributed by atoms with E-state index in [1.807, 2.05) is 13.8 Å². The van der Waals surface area contributed by atoms with Crippen LogP contribution in [0.15, 0.2) is 0 Å². The Bertz CT molecular complexity index is 284. The van der Waals surface area contributed by atoms with Crippen LogP contribution in [0.5, 0.6) is 0 Å². The molecule has 5 nitrogen and oxygen atoms in total. The Kier molecular flexibility index (Phi) is 6.75. The topological polar surface area (TPSA) is 61.8 Å². The van der Waals surface area contributed by atoms with Crippen LogP contribution in [0.25, 0.3) is 0 Å². The first-order valence-electron chi connectivity index (χ1n) is 7.22. The predicted molar refractivity (Wildman–Crippen MR) is 74.9 cm³/mol. The van der Waals surface area contributed by atoms with Gasteiger partial charge < -0.3 is 15.2 Å². The van der Waals surface area contributed by atoms with Crippen molar-refractivity contribution in [2.24, 2.45) is 5.92 Å². The summed E-state index contributed by atoms with van der Waals surface area (Å²) in [4.78, 5) is 14.2. The molecule has 3 unspecified atom stereocenters. The third-order valence-corrected chi connectivity index (χ3v) is 3.51. The largest absolute Gasteiger partial charge is 0.394 e. The van der Waals surface area contributed by atoms with Crippen molar-refractivity contribution in [3.05, 3.63) is 0 Å². The van der Waals surface area contributed by atoms with Crippen LogP contribution in [0.3, 0.4) is 0 Å². The van der Waals surface area contributed by atoms with Gasteiger partial charge in [0, 0.05) is 19.6 Å². The molecule has 3 atom stereocenters. The number of hydrogen-bond acceptors (Lipinski definition) is 4. The number of nitrogens with zero attached hydrogens (tertiary/aromatic N) is 1. The average Bonchev–Trinajstić information content (AvgIpc) is 2.36. The lowest BCUT2D eigenvalue weighted by molar-refractivity contribution is -0.135. The first-order valence-corrected chi connectivity index (χ1v) is 7.22. The fourth-order valence-corrected chi connectivity index (χ4v) is 2.30. The van der Waals surface area contributed by atoms with Crippen LogP contribution in [0, 0.1) is 5.92 Å². The monoisotopic (exact) mass is 272 g/mol. The van der Waals surface area contributed by atoms with E-state index in [-0.39, 0.29) is 30.8 Å². The van der Waals surface area contributed by atoms with Gasteiger partial charge in [-0.05, 0) is 26.2 Å². The molecule has 0 aromatic heterocycles. The van der Waals surface area contributed by atoms with E-state index in [1.165, 1.54) is 0 Å². The van der Waals surface area contributed by atoms with Gasteiger partial charge in [0.1, 0.15) is 0 Å². The Morgan fingerprint density at radius 1 is 1.42 bits per heavy atom. The van der Waals surface area contributed by atoms with Crippen molar-refractivity contribution in [3.8, 4) is 0 Å². The maximum absolute atomic E-state index is 12.1. The minimum atomic E-state index is -0.185. The number of aliphatic hydroxyl groups excluding tert-OH is 1. The number of aliphatic hydroxyl groups is 1. The van der Waals surface area contributed by atoms with Gasteiger partial charge in [0.15, 0.2) is 0 Å². The molecule has 1 aliphatic rings. The first-order chi connectivity index (χ1) is 8.93. The molecule has 0 aliphatic carbocycles. The molecule has 0 aromatic carbocycles. The minimum absolute atomic E-state index is 0.00251. The molecular formula is C14H28N2O3. The van der Waals surface area contributed by atoms with Gasteiger partial charge in [-0.25, -0.2) is 0 Å². The van der Waals surface area contributed by atoms with Crippen molar-refractivity contribution in [1.82, 2.24) is 10.2 Å². The summed E-state index contributed by atoms with van der Waals surface area (Å²) >= 11 is 0. The quantitative estimate of drug-likeness (QED) is 0.744. The summed E-state index contributed by atoms with van der Waals surface area (Å²) in [6, 6.07) is -0.174. The number of morpholine rings is 1. The third kappa shape index (κ3) is 5.47. The molecule has 1 amide bonds. The Hall–Kier alpha value is -0.650. The van der Waals surface area contributed by atoms with Crippen molar-refractivity contribution in [2.45, 2.75) is 52.4 Å². The Balaban J connectivity index is 2.42. The van der Waals surface area contributed by atoms with Crippen LogP contribution in [-0.4, -0.2) is 60.4 Å². The zero-order valence-corrected chi connectivity index (χ0v) is 12.6. The number of carbonyl (C=O) groups is 1. The molecule has 0 aromatic rings. The molecule has 1 heterocycles. The van der Waals surface area contributed by atoms with Gasteiger partial charge in [-0.2, -0.15) is 0 Å². The summed E-state index contributed by atoms with van der Waals surface area (Å²) < 4.78 is 5.58. The second-order valence-electron chi connectivity index (χ2n) is 5.85. The number of carbonyl (C=O) groups excluding carboxylic acids is 1. The number of amides is 1. The summed E-state index contributed by atoms with van der Waals surface area (Å²) in [6.07, 6.45) is 0.864. The second-order valence-corrected chi connectivity index (χ2v) is 5.85. The number of rotatable bonds is 6. The lowest BCUT2D eigenvalue weighted by Gasteiger charge is -2.38. The van der Waals surface area contributed by atoms with E-state index >= 15 is 0 Å². The van der Waals surface area contributed by atoms with Crippen LogP contribution < -0.4 is 5.32 Å². The Morgan fingerprint density at radius 2 is 2.11 bits per heavy atom. The fraction of sp³-hybridized carbons (Fsp3) is 0.929. The standard InChI is InChI=1S/C14H28N2O3/c1-10(2)5-6-15-14(18)12(4)16-7-11(3)19-13(8-16)9-17/h10-13,17H,5-9H2,1-4H3,(H,15,18). The van der Waals surface area contributed by atoms with Crippen molar-refractivity contribution in [1.29, 1.82) is 0 Å². The molecule has 1 aliphatic heterocycles. The lowest BCUT2D eigenvalue weighted by atomic mass is 10.1. The molecule has 1 fully saturated rings. The number of nitrogens with one attached hydrogen (secondary N) is 1. The smallest absolute Gasteiger partial charge is 0.237 e. The minimum Gasteiger partial charge on any atom is -0.394 e. The van der Waals surface area contributed by atoms with Crippen molar-refractivity contribution in [2.75, 3.05) is 26.2 Å². The van der Waals surface area contributed by atoms with Gasteiger partial charge in [0.05, 0.1) is 24.9 Å². The summed E-state index contributed by atoms with van der Waals surface area (Å²) in [5, 5.41) is 12.2. The second kappa shape index (κ2) is 7.82. The van der Waals surface area contributed by atoms with E-state index < -0.39 is 0 Å². The van der Waals surface area contributed by atoms with Crippen molar-refractivity contribution in [3.63, 3.8) is 0 Å². The van der Waals surface area contributed by atoms with E-state index in [9.17, 15) is 9.90 Å². The molecule has 2 N–H and O–H groups in total. The van der Waals surface area contributed by atoms with Gasteiger partial charge in [-0.15, -0.1) is 0 Å². The normalized spacial score (nSPS) is 26.4. The van der Waals surface area contributed by atoms with Gasteiger partial charge >= 0.3 is 0 Å². The van der Waals surface area contributed by atoms with Crippen LogP contribution in [0.2, 0.25) is 0 Å². The molecule has 5 heteroatoms. The van der Waals surface area contributed by atoms with Crippen LogP contribution in [-0.2, 0) is 9.53 Å². The number of hydrogen-bond donors (Lipinski definition) is 2. The third-order valence-electron chi connectivity index (χ3n) is 3.51. The molecule has 0 bridgehead atoms. The zero-order valence-electron chi connectivity index (χ0n) is 12.6. The SMILES string of the molecule is CC(C)CCNC(=O)C(C)N1CC(C)OC(CO)C1. The zero-order chi connectivity index (χ0) is 14.4. The van der Waals surface area contributed by atoms with Crippen molar-refractivity contribution < 1.29 is 14.6 Å². The first kappa shape index (κ1) is 16.4. The Labute approximate surface area is 116 Å². The number of ether oxygens (including phenoxy) is 1. The van der Waals surface area contributed by atoms with Gasteiger partial charge in [0.2, 0.25) is 5.91 Å². The maximum Gasteiger partial charge on any atom is 0.237 e. The summed E-state index contributed by atoms with van der Waals surface area (Å²) in [5.74, 6) is 0.657. The van der Waals surface area contributed by atoms with E-state index in [1.54, 1.807) is 0 Å². The highest BCUT2D eigenvalue weighted by Gasteiger charge is 2.30. The highest BCUT2D eigenvalue weighted by atomic mass is 16.5. The molecule has 1 rings (SSSR count). The van der Waals surface area contributed by atoms with Gasteiger partial charge in [-0.3, -0.25) is 9.69 Å². The maximum atomic E-state index is 12.1. The highest BCUT2D eigenvalue weighted by molar-refractivity contribution is 5.81. The molecular weight excluding hydrogens is 244 g/mol. The van der Waals surface area contributed by atoms with E-state index in [0.717, 1.165) is 19.5 Å². The predicted octanol–water partition coefficient (Wildman–Crippen LogP) is 0.619. The molecule has 112 valence electrons. The summed E-state index contributed by atoms with van der Waals surface area (Å²) in [7, 11) is 0. The molecule has 0 radical (unpaired) electrons. The molecule has 19 heavy (non-hydrogen) atoms. The summed E-state index contributed by atoms with van der Waals surface area (Å²) in [6.45, 7) is 10.2.